The number of nitrogens with zero attached hydrogens (tertiary/aromatic N) is 2. The molecule has 0 aromatic carbocycles. The third-order valence-corrected chi connectivity index (χ3v) is 2.45. The third kappa shape index (κ3) is 1.61. The Labute approximate surface area is 79.4 Å². The third-order valence-electron chi connectivity index (χ3n) is 1.60. The van der Waals surface area contributed by atoms with Gasteiger partial charge in [-0.2, -0.15) is 0 Å². The molecule has 0 aliphatic rings. The van der Waals surface area contributed by atoms with Gasteiger partial charge in [0.1, 0.15) is 10.8 Å². The van der Waals surface area contributed by atoms with Crippen LogP contribution in [0.15, 0.2) is 16.5 Å². The van der Waals surface area contributed by atoms with Gasteiger partial charge in [-0.1, -0.05) is 11.3 Å². The molecule has 0 unspecified atom stereocenters. The van der Waals surface area contributed by atoms with Crippen LogP contribution in [0.5, 0.6) is 0 Å². The first-order valence-corrected chi connectivity index (χ1v) is 4.70. The van der Waals surface area contributed by atoms with Gasteiger partial charge in [0.15, 0.2) is 10.8 Å². The van der Waals surface area contributed by atoms with Crippen LogP contribution in [0.4, 0.5) is 0 Å². The molecule has 2 N–H and O–H groups in total. The van der Waals surface area contributed by atoms with Gasteiger partial charge in [-0.15, -0.1) is 10.2 Å². The Morgan fingerprint density at radius 3 is 2.85 bits per heavy atom. The zero-order valence-electron chi connectivity index (χ0n) is 7.15. The zero-order chi connectivity index (χ0) is 9.26. The summed E-state index contributed by atoms with van der Waals surface area (Å²) in [6.45, 7) is 2.33. The fourth-order valence-corrected chi connectivity index (χ4v) is 1.65. The molecule has 0 amide bonds. The summed E-state index contributed by atoms with van der Waals surface area (Å²) in [5, 5.41) is 9.61. The van der Waals surface area contributed by atoms with E-state index < -0.39 is 0 Å². The molecule has 0 saturated heterocycles. The molecule has 13 heavy (non-hydrogen) atoms. The number of hydrogen-bond donors (Lipinski definition) is 1. The molecule has 2 heterocycles. The molecule has 0 aliphatic carbocycles. The number of furan rings is 1. The van der Waals surface area contributed by atoms with Crippen molar-refractivity contribution in [3.63, 3.8) is 0 Å². The summed E-state index contributed by atoms with van der Waals surface area (Å²) in [7, 11) is 0. The summed E-state index contributed by atoms with van der Waals surface area (Å²) in [4.78, 5) is 0. The lowest BCUT2D eigenvalue weighted by atomic mass is 10.4. The maximum atomic E-state index is 5.42. The van der Waals surface area contributed by atoms with Crippen molar-refractivity contribution >= 4 is 11.3 Å². The van der Waals surface area contributed by atoms with Crippen molar-refractivity contribution in [3.05, 3.63) is 22.9 Å². The molecule has 0 fully saturated rings. The van der Waals surface area contributed by atoms with Crippen LogP contribution in [-0.4, -0.2) is 10.2 Å². The number of rotatable bonds is 2. The van der Waals surface area contributed by atoms with Crippen LogP contribution in [-0.2, 0) is 6.54 Å². The Bertz CT molecular complexity index is 407. The summed E-state index contributed by atoms with van der Waals surface area (Å²) >= 11 is 1.51. The van der Waals surface area contributed by atoms with E-state index in [1.54, 1.807) is 0 Å². The average Bonchev–Trinajstić information content (AvgIpc) is 2.71. The standard InChI is InChI=1S/C8H9N3OS/c1-5-10-11-8(13-5)7-3-2-6(4-9)12-7/h2-3H,4,9H2,1H3. The first-order chi connectivity index (χ1) is 6.29. The lowest BCUT2D eigenvalue weighted by molar-refractivity contribution is 0.524. The highest BCUT2D eigenvalue weighted by Crippen LogP contribution is 2.24. The van der Waals surface area contributed by atoms with Crippen molar-refractivity contribution in [2.75, 3.05) is 0 Å². The topological polar surface area (TPSA) is 64.9 Å². The largest absolute Gasteiger partial charge is 0.457 e. The lowest BCUT2D eigenvalue weighted by Gasteiger charge is -1.87. The summed E-state index contributed by atoms with van der Waals surface area (Å²) < 4.78 is 5.42. The van der Waals surface area contributed by atoms with E-state index in [1.807, 2.05) is 19.1 Å². The average molecular weight is 195 g/mol. The van der Waals surface area contributed by atoms with E-state index in [0.29, 0.717) is 6.54 Å². The van der Waals surface area contributed by atoms with Crippen molar-refractivity contribution in [2.45, 2.75) is 13.5 Å². The Morgan fingerprint density at radius 2 is 2.31 bits per heavy atom. The van der Waals surface area contributed by atoms with Gasteiger partial charge < -0.3 is 10.2 Å². The fraction of sp³-hybridized carbons (Fsp3) is 0.250. The molecule has 0 bridgehead atoms. The van der Waals surface area contributed by atoms with E-state index >= 15 is 0 Å². The van der Waals surface area contributed by atoms with Crippen molar-refractivity contribution in [1.29, 1.82) is 0 Å². The van der Waals surface area contributed by atoms with E-state index in [1.165, 1.54) is 11.3 Å². The van der Waals surface area contributed by atoms with Crippen LogP contribution < -0.4 is 5.73 Å². The van der Waals surface area contributed by atoms with Crippen molar-refractivity contribution in [3.8, 4) is 10.8 Å². The Morgan fingerprint density at radius 1 is 1.46 bits per heavy atom. The lowest BCUT2D eigenvalue weighted by Crippen LogP contribution is -1.92. The maximum absolute atomic E-state index is 5.42. The highest BCUT2D eigenvalue weighted by atomic mass is 32.1. The minimum atomic E-state index is 0.414. The van der Waals surface area contributed by atoms with Gasteiger partial charge in [0.2, 0.25) is 0 Å². The van der Waals surface area contributed by atoms with Crippen LogP contribution in [0.25, 0.3) is 10.8 Å². The zero-order valence-corrected chi connectivity index (χ0v) is 7.97. The summed E-state index contributed by atoms with van der Waals surface area (Å²) in [6.07, 6.45) is 0. The van der Waals surface area contributed by atoms with Gasteiger partial charge in [-0.25, -0.2) is 0 Å². The van der Waals surface area contributed by atoms with Crippen LogP contribution in [0, 0.1) is 6.92 Å². The molecule has 0 aliphatic heterocycles. The first kappa shape index (κ1) is 8.40. The van der Waals surface area contributed by atoms with Crippen molar-refractivity contribution in [1.82, 2.24) is 10.2 Å². The molecular formula is C8H9N3OS. The van der Waals surface area contributed by atoms with Gasteiger partial charge in [0.25, 0.3) is 0 Å². The molecule has 4 nitrogen and oxygen atoms in total. The molecule has 0 saturated carbocycles. The van der Waals surface area contributed by atoms with Crippen LogP contribution in [0.2, 0.25) is 0 Å². The highest BCUT2D eigenvalue weighted by Gasteiger charge is 2.07. The Balaban J connectivity index is 2.35. The second-order valence-corrected chi connectivity index (χ2v) is 3.78. The SMILES string of the molecule is Cc1nnc(-c2ccc(CN)o2)s1. The smallest absolute Gasteiger partial charge is 0.183 e. The van der Waals surface area contributed by atoms with E-state index in [0.717, 1.165) is 21.5 Å². The van der Waals surface area contributed by atoms with E-state index in [9.17, 15) is 0 Å². The van der Waals surface area contributed by atoms with Gasteiger partial charge >= 0.3 is 0 Å². The van der Waals surface area contributed by atoms with Crippen molar-refractivity contribution < 1.29 is 4.42 Å². The molecule has 2 aromatic heterocycles. The van der Waals surface area contributed by atoms with Gasteiger partial charge in [-0.3, -0.25) is 0 Å². The number of nitrogens with two attached hydrogens (primary N) is 1. The molecule has 68 valence electrons. The second kappa shape index (κ2) is 3.27. The van der Waals surface area contributed by atoms with Crippen molar-refractivity contribution in [2.24, 2.45) is 5.73 Å². The molecule has 0 atom stereocenters. The first-order valence-electron chi connectivity index (χ1n) is 3.89. The molecule has 2 aromatic rings. The monoisotopic (exact) mass is 195 g/mol. The summed E-state index contributed by atoms with van der Waals surface area (Å²) in [5.41, 5.74) is 5.42. The minimum absolute atomic E-state index is 0.414. The molecule has 0 radical (unpaired) electrons. The van der Waals surface area contributed by atoms with Gasteiger partial charge in [-0.05, 0) is 19.1 Å². The van der Waals surface area contributed by atoms with Crippen LogP contribution >= 0.6 is 11.3 Å². The van der Waals surface area contributed by atoms with E-state index in [-0.39, 0.29) is 0 Å². The highest BCUT2D eigenvalue weighted by molar-refractivity contribution is 7.14. The quantitative estimate of drug-likeness (QED) is 0.789. The number of hydrogen-bond acceptors (Lipinski definition) is 5. The van der Waals surface area contributed by atoms with E-state index in [2.05, 4.69) is 10.2 Å². The molecule has 5 heteroatoms. The predicted molar refractivity (Wildman–Crippen MR) is 50.2 cm³/mol. The summed E-state index contributed by atoms with van der Waals surface area (Å²) in [6, 6.07) is 3.72. The number of aryl methyl sites for hydroxylation is 1. The van der Waals surface area contributed by atoms with Gasteiger partial charge in [0, 0.05) is 0 Å². The molecule has 2 rings (SSSR count). The molecular weight excluding hydrogens is 186 g/mol. The van der Waals surface area contributed by atoms with E-state index in [4.69, 9.17) is 10.2 Å². The normalized spacial score (nSPS) is 10.6. The molecule has 0 spiro atoms. The Hall–Kier alpha value is -1.20. The summed E-state index contributed by atoms with van der Waals surface area (Å²) in [5.74, 6) is 1.51. The maximum Gasteiger partial charge on any atom is 0.183 e. The predicted octanol–water partition coefficient (Wildman–Crippen LogP) is 1.57. The van der Waals surface area contributed by atoms with Crippen LogP contribution in [0.1, 0.15) is 10.8 Å². The van der Waals surface area contributed by atoms with Gasteiger partial charge in [0.05, 0.1) is 6.54 Å². The fourth-order valence-electron chi connectivity index (χ4n) is 0.999. The minimum Gasteiger partial charge on any atom is -0.457 e. The number of aromatic nitrogens is 2. The van der Waals surface area contributed by atoms with Crippen LogP contribution in [0.3, 0.4) is 0 Å². The Kier molecular flexibility index (Phi) is 2.12. The second-order valence-electron chi connectivity index (χ2n) is 2.60.